The van der Waals surface area contributed by atoms with Crippen molar-refractivity contribution in [2.45, 2.75) is 12.3 Å². The first kappa shape index (κ1) is 10.1. The Kier molecular flexibility index (Phi) is 3.32. The van der Waals surface area contributed by atoms with Crippen molar-refractivity contribution in [1.82, 2.24) is 0 Å². The average Bonchev–Trinajstić information content (AvgIpc) is 2.27. The summed E-state index contributed by atoms with van der Waals surface area (Å²) in [6.07, 6.45) is 0. The van der Waals surface area contributed by atoms with Crippen LogP contribution in [0.5, 0.6) is 5.75 Å². The first-order valence-corrected chi connectivity index (χ1v) is 4.41. The van der Waals surface area contributed by atoms with Gasteiger partial charge in [-0.15, -0.1) is 11.6 Å². The molecular weight excluding hydrogens is 188 g/mol. The largest absolute Gasteiger partial charge is 0.493 e. The lowest BCUT2D eigenvalue weighted by atomic mass is 10.2. The van der Waals surface area contributed by atoms with E-state index in [9.17, 15) is 4.79 Å². The highest BCUT2D eigenvalue weighted by atomic mass is 35.5. The van der Waals surface area contributed by atoms with E-state index in [1.807, 2.05) is 13.0 Å². The number of rotatable bonds is 2. The molecule has 13 heavy (non-hydrogen) atoms. The molecule has 0 aliphatic carbocycles. The van der Waals surface area contributed by atoms with Crippen LogP contribution in [0.1, 0.15) is 17.9 Å². The van der Waals surface area contributed by atoms with Crippen molar-refractivity contribution in [3.63, 3.8) is 0 Å². The first-order valence-electron chi connectivity index (χ1n) is 3.97. The summed E-state index contributed by atoms with van der Waals surface area (Å²) in [4.78, 5) is 11.3. The van der Waals surface area contributed by atoms with Gasteiger partial charge in [0.1, 0.15) is 0 Å². The van der Waals surface area contributed by atoms with Crippen molar-refractivity contribution in [1.29, 1.82) is 0 Å². The van der Waals surface area contributed by atoms with Crippen LogP contribution in [-0.4, -0.2) is 7.11 Å². The monoisotopic (exact) mass is 198 g/mol. The number of halogens is 1. The number of methoxy groups -OCH3 is 1. The molecule has 0 bridgehead atoms. The molecule has 0 saturated heterocycles. The average molecular weight is 199 g/mol. The smallest absolute Gasteiger partial charge is 0.220 e. The molecule has 0 saturated carbocycles. The predicted octanol–water partition coefficient (Wildman–Crippen LogP) is 2.36. The molecule has 0 heterocycles. The van der Waals surface area contributed by atoms with E-state index in [2.05, 4.69) is 0 Å². The Balaban J connectivity index is 3.31. The number of hydrogen-bond donors (Lipinski definition) is 0. The molecule has 0 N–H and O–H groups in total. The summed E-state index contributed by atoms with van der Waals surface area (Å²) in [6, 6.07) is 6.61. The first-order chi connectivity index (χ1) is 6.15. The molecule has 3 heteroatoms. The molecule has 1 atom stereocenters. The van der Waals surface area contributed by atoms with Crippen molar-refractivity contribution in [2.24, 2.45) is 0 Å². The maximum atomic E-state index is 11.3. The Morgan fingerprint density at radius 1 is 1.46 bits per heavy atom. The summed E-state index contributed by atoms with van der Waals surface area (Å²) in [6.45, 7) is 1.85. The third kappa shape index (κ3) is 2.46. The summed E-state index contributed by atoms with van der Waals surface area (Å²) >= 11 is 5.89. The van der Waals surface area contributed by atoms with E-state index in [0.29, 0.717) is 5.75 Å². The fraction of sp³-hybridized carbons (Fsp3) is 0.300. The highest BCUT2D eigenvalue weighted by Gasteiger charge is 2.02. The molecule has 70 valence electrons. The Morgan fingerprint density at radius 2 is 2.15 bits per heavy atom. The van der Waals surface area contributed by atoms with E-state index in [0.717, 1.165) is 5.56 Å². The van der Waals surface area contributed by atoms with Crippen LogP contribution in [0.2, 0.25) is 0 Å². The maximum Gasteiger partial charge on any atom is 0.220 e. The van der Waals surface area contributed by atoms with Gasteiger partial charge in [0.05, 0.1) is 12.5 Å². The summed E-state index contributed by atoms with van der Waals surface area (Å²) in [5.41, 5.74) is 0.742. The van der Waals surface area contributed by atoms with Gasteiger partial charge in [0.2, 0.25) is 5.43 Å². The quantitative estimate of drug-likeness (QED) is 0.682. The highest BCUT2D eigenvalue weighted by Crippen LogP contribution is 2.19. The predicted molar refractivity (Wildman–Crippen MR) is 53.5 cm³/mol. The van der Waals surface area contributed by atoms with E-state index in [4.69, 9.17) is 16.3 Å². The molecule has 0 aromatic heterocycles. The summed E-state index contributed by atoms with van der Waals surface area (Å²) in [5.74, 6) is 0.326. The third-order valence-corrected chi connectivity index (χ3v) is 2.01. The van der Waals surface area contributed by atoms with Crippen molar-refractivity contribution >= 4 is 11.6 Å². The molecule has 0 fully saturated rings. The SMILES string of the molecule is COc1cc(C(C)Cl)cccc1=O. The topological polar surface area (TPSA) is 26.3 Å². The van der Waals surface area contributed by atoms with Crippen LogP contribution in [0.3, 0.4) is 0 Å². The van der Waals surface area contributed by atoms with Gasteiger partial charge in [-0.25, -0.2) is 0 Å². The minimum Gasteiger partial charge on any atom is -0.493 e. The van der Waals surface area contributed by atoms with Crippen LogP contribution < -0.4 is 10.2 Å². The minimum atomic E-state index is -0.133. The normalized spacial score (nSPS) is 12.2. The Labute approximate surface area is 82.1 Å². The Morgan fingerprint density at radius 3 is 2.69 bits per heavy atom. The molecule has 0 aliphatic rings. The molecule has 0 radical (unpaired) electrons. The van der Waals surface area contributed by atoms with Gasteiger partial charge < -0.3 is 4.74 Å². The fourth-order valence-corrected chi connectivity index (χ4v) is 1.14. The zero-order valence-electron chi connectivity index (χ0n) is 7.58. The standard InChI is InChI=1S/C10H11ClO2/c1-7(11)8-4-3-5-9(12)10(6-8)13-2/h3-7H,1-2H3. The molecule has 1 aromatic rings. The molecule has 1 unspecified atom stereocenters. The second-order valence-corrected chi connectivity index (χ2v) is 3.37. The molecule has 2 nitrogen and oxygen atoms in total. The summed E-state index contributed by atoms with van der Waals surface area (Å²) in [7, 11) is 1.47. The van der Waals surface area contributed by atoms with Gasteiger partial charge in [0.15, 0.2) is 5.75 Å². The van der Waals surface area contributed by atoms with Gasteiger partial charge >= 0.3 is 0 Å². The van der Waals surface area contributed by atoms with Crippen molar-refractivity contribution in [3.8, 4) is 5.75 Å². The van der Waals surface area contributed by atoms with Crippen molar-refractivity contribution in [3.05, 3.63) is 40.1 Å². The molecule has 0 spiro atoms. The van der Waals surface area contributed by atoms with Crippen LogP contribution >= 0.6 is 11.6 Å². The van der Waals surface area contributed by atoms with Crippen molar-refractivity contribution in [2.75, 3.05) is 7.11 Å². The van der Waals surface area contributed by atoms with Gasteiger partial charge in [0, 0.05) is 0 Å². The minimum absolute atomic E-state index is 0.124. The van der Waals surface area contributed by atoms with Crippen LogP contribution in [0.15, 0.2) is 29.1 Å². The Hall–Kier alpha value is -1.02. The summed E-state index contributed by atoms with van der Waals surface area (Å²) in [5, 5.41) is -0.124. The van der Waals surface area contributed by atoms with Crippen LogP contribution in [0.25, 0.3) is 0 Å². The molecular formula is C10H11ClO2. The third-order valence-electron chi connectivity index (χ3n) is 1.76. The van der Waals surface area contributed by atoms with E-state index < -0.39 is 0 Å². The molecule has 1 aromatic carbocycles. The van der Waals surface area contributed by atoms with Crippen LogP contribution in [-0.2, 0) is 0 Å². The fourth-order valence-electron chi connectivity index (χ4n) is 1.01. The summed E-state index contributed by atoms with van der Waals surface area (Å²) < 4.78 is 4.92. The zero-order valence-corrected chi connectivity index (χ0v) is 8.34. The maximum absolute atomic E-state index is 11.3. The highest BCUT2D eigenvalue weighted by molar-refractivity contribution is 6.20. The molecule has 0 aliphatic heterocycles. The number of hydrogen-bond acceptors (Lipinski definition) is 2. The van der Waals surface area contributed by atoms with Crippen LogP contribution in [0.4, 0.5) is 0 Å². The van der Waals surface area contributed by atoms with Gasteiger partial charge in [-0.05, 0) is 24.6 Å². The van der Waals surface area contributed by atoms with Gasteiger partial charge in [-0.3, -0.25) is 4.79 Å². The van der Waals surface area contributed by atoms with Crippen molar-refractivity contribution < 1.29 is 4.74 Å². The van der Waals surface area contributed by atoms with Crippen LogP contribution in [0, 0.1) is 0 Å². The lowest BCUT2D eigenvalue weighted by molar-refractivity contribution is 0.411. The van der Waals surface area contributed by atoms with Gasteiger partial charge in [0.25, 0.3) is 0 Å². The van der Waals surface area contributed by atoms with E-state index in [1.54, 1.807) is 12.1 Å². The Bertz CT molecular complexity index is 347. The number of alkyl halides is 1. The second kappa shape index (κ2) is 4.28. The van der Waals surface area contributed by atoms with E-state index in [-0.39, 0.29) is 10.8 Å². The molecule has 1 rings (SSSR count). The molecule has 0 amide bonds. The second-order valence-electron chi connectivity index (χ2n) is 2.72. The van der Waals surface area contributed by atoms with E-state index in [1.165, 1.54) is 13.2 Å². The zero-order chi connectivity index (χ0) is 9.84. The lowest BCUT2D eigenvalue weighted by Crippen LogP contribution is -1.99. The lowest BCUT2D eigenvalue weighted by Gasteiger charge is -2.00. The number of ether oxygens (including phenoxy) is 1. The van der Waals surface area contributed by atoms with Gasteiger partial charge in [-0.2, -0.15) is 0 Å². The van der Waals surface area contributed by atoms with E-state index >= 15 is 0 Å². The van der Waals surface area contributed by atoms with Gasteiger partial charge in [-0.1, -0.05) is 12.1 Å².